The first-order valence-electron chi connectivity index (χ1n) is 8.32. The highest BCUT2D eigenvalue weighted by molar-refractivity contribution is 9.10. The van der Waals surface area contributed by atoms with Crippen LogP contribution in [0, 0.1) is 5.82 Å². The van der Waals surface area contributed by atoms with Crippen molar-refractivity contribution in [1.29, 1.82) is 0 Å². The van der Waals surface area contributed by atoms with Gasteiger partial charge in [-0.05, 0) is 42.0 Å². The van der Waals surface area contributed by atoms with E-state index in [1.54, 1.807) is 24.3 Å². The van der Waals surface area contributed by atoms with Crippen molar-refractivity contribution in [2.45, 2.75) is 11.3 Å². The number of hydrogen-bond acceptors (Lipinski definition) is 6. The van der Waals surface area contributed by atoms with Gasteiger partial charge in [0.25, 0.3) is 0 Å². The first kappa shape index (κ1) is 21.5. The SMILES string of the molecule is CN(CC(=O)Nc1nnc(Cc2cccc(F)c2)s1)S(=O)(=O)c1ccc(Br)cc1. The Bertz CT molecular complexity index is 1120. The number of carbonyl (C=O) groups is 1. The van der Waals surface area contributed by atoms with Gasteiger partial charge in [0.1, 0.15) is 10.8 Å². The summed E-state index contributed by atoms with van der Waals surface area (Å²) in [5, 5.41) is 11.2. The highest BCUT2D eigenvalue weighted by atomic mass is 79.9. The summed E-state index contributed by atoms with van der Waals surface area (Å²) in [6.07, 6.45) is 0.378. The second kappa shape index (κ2) is 9.08. The van der Waals surface area contributed by atoms with Crippen LogP contribution in [-0.4, -0.2) is 42.4 Å². The molecular weight excluding hydrogens is 483 g/mol. The molecule has 1 aromatic heterocycles. The number of anilines is 1. The fourth-order valence-corrected chi connectivity index (χ4v) is 4.61. The normalized spacial score (nSPS) is 11.6. The molecule has 0 spiro atoms. The maximum absolute atomic E-state index is 13.3. The van der Waals surface area contributed by atoms with Gasteiger partial charge in [0, 0.05) is 17.9 Å². The van der Waals surface area contributed by atoms with E-state index in [0.717, 1.165) is 25.7 Å². The number of rotatable bonds is 7. The molecule has 1 amide bonds. The van der Waals surface area contributed by atoms with Gasteiger partial charge in [-0.3, -0.25) is 10.1 Å². The van der Waals surface area contributed by atoms with Crippen LogP contribution in [0.2, 0.25) is 0 Å². The molecule has 0 unspecified atom stereocenters. The van der Waals surface area contributed by atoms with Crippen molar-refractivity contribution in [3.8, 4) is 0 Å². The quantitative estimate of drug-likeness (QED) is 0.539. The molecule has 7 nitrogen and oxygen atoms in total. The van der Waals surface area contributed by atoms with E-state index in [1.165, 1.54) is 31.3 Å². The third-order valence-electron chi connectivity index (χ3n) is 3.85. The molecule has 0 aliphatic rings. The van der Waals surface area contributed by atoms with E-state index in [9.17, 15) is 17.6 Å². The van der Waals surface area contributed by atoms with E-state index in [0.29, 0.717) is 11.4 Å². The zero-order valence-corrected chi connectivity index (χ0v) is 18.4. The largest absolute Gasteiger partial charge is 0.299 e. The molecule has 2 aromatic carbocycles. The van der Waals surface area contributed by atoms with E-state index in [1.807, 2.05) is 0 Å². The second-order valence-electron chi connectivity index (χ2n) is 6.07. The number of sulfonamides is 1. The summed E-state index contributed by atoms with van der Waals surface area (Å²) in [6.45, 7) is -0.378. The Morgan fingerprint density at radius 3 is 2.62 bits per heavy atom. The molecule has 0 aliphatic carbocycles. The van der Waals surface area contributed by atoms with Crippen LogP contribution in [0.1, 0.15) is 10.6 Å². The summed E-state index contributed by atoms with van der Waals surface area (Å²) in [4.78, 5) is 12.3. The molecule has 0 saturated carbocycles. The second-order valence-corrected chi connectivity index (χ2v) is 10.1. The number of amides is 1. The lowest BCUT2D eigenvalue weighted by Gasteiger charge is -2.16. The van der Waals surface area contributed by atoms with Gasteiger partial charge in [0.15, 0.2) is 0 Å². The minimum Gasteiger partial charge on any atom is -0.299 e. The molecule has 152 valence electrons. The van der Waals surface area contributed by atoms with E-state index < -0.39 is 15.9 Å². The number of nitrogens with zero attached hydrogens (tertiary/aromatic N) is 3. The zero-order chi connectivity index (χ0) is 21.0. The molecule has 1 heterocycles. The number of carbonyl (C=O) groups excluding carboxylic acids is 1. The molecule has 0 aliphatic heterocycles. The van der Waals surface area contributed by atoms with Crippen molar-refractivity contribution in [2.75, 3.05) is 18.9 Å². The fourth-order valence-electron chi connectivity index (χ4n) is 2.43. The Morgan fingerprint density at radius 2 is 1.93 bits per heavy atom. The van der Waals surface area contributed by atoms with Crippen molar-refractivity contribution in [3.63, 3.8) is 0 Å². The number of aromatic nitrogens is 2. The summed E-state index contributed by atoms with van der Waals surface area (Å²) >= 11 is 4.39. The first-order chi connectivity index (χ1) is 13.7. The number of likely N-dealkylation sites (N-methyl/N-ethyl adjacent to an activating group) is 1. The lowest BCUT2D eigenvalue weighted by Crippen LogP contribution is -2.34. The van der Waals surface area contributed by atoms with Crippen LogP contribution < -0.4 is 5.32 Å². The van der Waals surface area contributed by atoms with Crippen molar-refractivity contribution in [3.05, 3.63) is 69.4 Å². The third kappa shape index (κ3) is 5.66. The van der Waals surface area contributed by atoms with Crippen LogP contribution in [0.5, 0.6) is 0 Å². The Hall–Kier alpha value is -2.21. The molecular formula is C18H16BrFN4O3S2. The predicted octanol–water partition coefficient (Wildman–Crippen LogP) is 3.29. The van der Waals surface area contributed by atoms with Gasteiger partial charge in [-0.25, -0.2) is 12.8 Å². The minimum absolute atomic E-state index is 0.0873. The van der Waals surface area contributed by atoms with Gasteiger partial charge >= 0.3 is 0 Å². The van der Waals surface area contributed by atoms with Crippen molar-refractivity contribution >= 4 is 48.3 Å². The average Bonchev–Trinajstić information content (AvgIpc) is 3.08. The van der Waals surface area contributed by atoms with Crippen LogP contribution in [0.15, 0.2) is 57.9 Å². The molecule has 0 radical (unpaired) electrons. The van der Waals surface area contributed by atoms with Gasteiger partial charge in [0.2, 0.25) is 21.1 Å². The number of hydrogen-bond donors (Lipinski definition) is 1. The number of benzene rings is 2. The smallest absolute Gasteiger partial charge is 0.243 e. The van der Waals surface area contributed by atoms with Crippen LogP contribution in [0.3, 0.4) is 0 Å². The Balaban J connectivity index is 1.60. The maximum Gasteiger partial charge on any atom is 0.243 e. The van der Waals surface area contributed by atoms with Crippen molar-refractivity contribution < 1.29 is 17.6 Å². The highest BCUT2D eigenvalue weighted by Gasteiger charge is 2.23. The van der Waals surface area contributed by atoms with E-state index in [4.69, 9.17) is 0 Å². The minimum atomic E-state index is -3.80. The molecule has 0 atom stereocenters. The predicted molar refractivity (Wildman–Crippen MR) is 112 cm³/mol. The van der Waals surface area contributed by atoms with E-state index in [2.05, 4.69) is 31.4 Å². The Kier molecular flexibility index (Phi) is 6.73. The van der Waals surface area contributed by atoms with Gasteiger partial charge in [-0.1, -0.05) is 39.4 Å². The lowest BCUT2D eigenvalue weighted by molar-refractivity contribution is -0.116. The van der Waals surface area contributed by atoms with Gasteiger partial charge in [-0.15, -0.1) is 10.2 Å². The molecule has 0 fully saturated rings. The molecule has 11 heteroatoms. The maximum atomic E-state index is 13.3. The van der Waals surface area contributed by atoms with Crippen LogP contribution in [0.4, 0.5) is 9.52 Å². The summed E-state index contributed by atoms with van der Waals surface area (Å²) in [7, 11) is -2.47. The van der Waals surface area contributed by atoms with Gasteiger partial charge < -0.3 is 0 Å². The molecule has 3 aromatic rings. The standard InChI is InChI=1S/C18H16BrFN4O3S2/c1-24(29(26,27)15-7-5-13(19)6-8-15)11-16(25)21-18-23-22-17(28-18)10-12-3-2-4-14(20)9-12/h2-9H,10-11H2,1H3,(H,21,23,25). The van der Waals surface area contributed by atoms with Crippen LogP contribution in [-0.2, 0) is 21.2 Å². The summed E-state index contributed by atoms with van der Waals surface area (Å²) < 4.78 is 40.1. The molecule has 0 bridgehead atoms. The number of halogens is 2. The monoisotopic (exact) mass is 498 g/mol. The van der Waals surface area contributed by atoms with Crippen molar-refractivity contribution in [2.24, 2.45) is 0 Å². The zero-order valence-electron chi connectivity index (χ0n) is 15.2. The molecule has 3 rings (SSSR count). The number of nitrogens with one attached hydrogen (secondary N) is 1. The lowest BCUT2D eigenvalue weighted by atomic mass is 10.1. The average molecular weight is 499 g/mol. The molecule has 1 N–H and O–H groups in total. The van der Waals surface area contributed by atoms with E-state index >= 15 is 0 Å². The fraction of sp³-hybridized carbons (Fsp3) is 0.167. The van der Waals surface area contributed by atoms with Crippen LogP contribution >= 0.6 is 27.3 Å². The van der Waals surface area contributed by atoms with Gasteiger partial charge in [0.05, 0.1) is 11.4 Å². The molecule has 29 heavy (non-hydrogen) atoms. The van der Waals surface area contributed by atoms with Crippen LogP contribution in [0.25, 0.3) is 0 Å². The summed E-state index contributed by atoms with van der Waals surface area (Å²) in [5.41, 5.74) is 0.736. The topological polar surface area (TPSA) is 92.3 Å². The summed E-state index contributed by atoms with van der Waals surface area (Å²) in [6, 6.07) is 12.3. The Labute approximate surface area is 179 Å². The van der Waals surface area contributed by atoms with Crippen molar-refractivity contribution in [1.82, 2.24) is 14.5 Å². The highest BCUT2D eigenvalue weighted by Crippen LogP contribution is 2.20. The third-order valence-corrected chi connectivity index (χ3v) is 7.03. The van der Waals surface area contributed by atoms with E-state index in [-0.39, 0.29) is 22.4 Å². The summed E-state index contributed by atoms with van der Waals surface area (Å²) in [5.74, 6) is -0.878. The molecule has 0 saturated heterocycles. The van der Waals surface area contributed by atoms with Gasteiger partial charge in [-0.2, -0.15) is 4.31 Å². The first-order valence-corrected chi connectivity index (χ1v) is 11.4. The Morgan fingerprint density at radius 1 is 1.21 bits per heavy atom.